The zero-order valence-electron chi connectivity index (χ0n) is 11.4. The molecule has 2 N–H and O–H groups in total. The van der Waals surface area contributed by atoms with Crippen molar-refractivity contribution in [2.75, 3.05) is 7.05 Å². The van der Waals surface area contributed by atoms with E-state index >= 15 is 0 Å². The minimum absolute atomic E-state index is 0.244. The lowest BCUT2D eigenvalue weighted by Gasteiger charge is -2.07. The molecule has 0 aliphatic carbocycles. The number of hydrogen-bond donors (Lipinski definition) is 2. The standard InChI is InChI=1S/C12H13N5O3S/c1-7(9(18)15-11(19)13-2)21-12-17-16-10(20-12)8-4-3-5-14-6-8/h3-7H,1-2H3,(H2,13,15,18,19)/t7-/m0/s1. The molecule has 21 heavy (non-hydrogen) atoms. The molecule has 0 bridgehead atoms. The van der Waals surface area contributed by atoms with E-state index in [-0.39, 0.29) is 5.22 Å². The first-order valence-electron chi connectivity index (χ1n) is 6.03. The number of amides is 3. The average molecular weight is 307 g/mol. The maximum atomic E-state index is 11.7. The second-order valence-corrected chi connectivity index (χ2v) is 5.24. The summed E-state index contributed by atoms with van der Waals surface area (Å²) in [6.07, 6.45) is 3.24. The van der Waals surface area contributed by atoms with Gasteiger partial charge in [-0.3, -0.25) is 15.1 Å². The molecule has 2 aromatic rings. The quantitative estimate of drug-likeness (QED) is 0.813. The van der Waals surface area contributed by atoms with Crippen molar-refractivity contribution in [1.29, 1.82) is 0 Å². The molecule has 9 heteroatoms. The van der Waals surface area contributed by atoms with Crippen LogP contribution in [0.1, 0.15) is 6.92 Å². The van der Waals surface area contributed by atoms with Gasteiger partial charge in [0, 0.05) is 19.4 Å². The lowest BCUT2D eigenvalue weighted by molar-refractivity contribution is -0.119. The summed E-state index contributed by atoms with van der Waals surface area (Å²) in [5.74, 6) is -0.120. The Labute approximate surface area is 124 Å². The van der Waals surface area contributed by atoms with Crippen LogP contribution in [0.2, 0.25) is 0 Å². The van der Waals surface area contributed by atoms with Crippen LogP contribution in [0.3, 0.4) is 0 Å². The smallest absolute Gasteiger partial charge is 0.321 e. The van der Waals surface area contributed by atoms with E-state index in [1.54, 1.807) is 31.5 Å². The summed E-state index contributed by atoms with van der Waals surface area (Å²) < 4.78 is 5.44. The van der Waals surface area contributed by atoms with Crippen molar-refractivity contribution in [1.82, 2.24) is 25.8 Å². The van der Waals surface area contributed by atoms with E-state index in [0.717, 1.165) is 11.8 Å². The highest BCUT2D eigenvalue weighted by atomic mass is 32.2. The van der Waals surface area contributed by atoms with Gasteiger partial charge in [-0.2, -0.15) is 0 Å². The zero-order chi connectivity index (χ0) is 15.2. The fourth-order valence-electron chi connectivity index (χ4n) is 1.34. The molecule has 0 radical (unpaired) electrons. The Hall–Kier alpha value is -2.42. The highest BCUT2D eigenvalue weighted by Gasteiger charge is 2.20. The molecule has 2 rings (SSSR count). The molecule has 0 unspecified atom stereocenters. The molecule has 0 saturated carbocycles. The number of aromatic nitrogens is 3. The number of pyridine rings is 1. The van der Waals surface area contributed by atoms with E-state index in [1.807, 2.05) is 0 Å². The van der Waals surface area contributed by atoms with Gasteiger partial charge >= 0.3 is 6.03 Å². The molecule has 0 aliphatic heterocycles. The van der Waals surface area contributed by atoms with E-state index < -0.39 is 17.2 Å². The van der Waals surface area contributed by atoms with Gasteiger partial charge in [-0.25, -0.2) is 4.79 Å². The largest absolute Gasteiger partial charge is 0.411 e. The normalized spacial score (nSPS) is 11.7. The van der Waals surface area contributed by atoms with Crippen LogP contribution in [0.5, 0.6) is 0 Å². The van der Waals surface area contributed by atoms with Crippen LogP contribution in [0.25, 0.3) is 11.5 Å². The molecule has 0 saturated heterocycles. The molecule has 0 aliphatic rings. The maximum Gasteiger partial charge on any atom is 0.321 e. The van der Waals surface area contributed by atoms with Gasteiger partial charge in [-0.15, -0.1) is 10.2 Å². The number of rotatable bonds is 4. The molecule has 2 heterocycles. The molecular weight excluding hydrogens is 294 g/mol. The Balaban J connectivity index is 1.99. The van der Waals surface area contributed by atoms with Crippen LogP contribution in [-0.2, 0) is 4.79 Å². The first-order chi connectivity index (χ1) is 10.1. The number of carbonyl (C=O) groups is 2. The van der Waals surface area contributed by atoms with Crippen LogP contribution in [-0.4, -0.2) is 39.4 Å². The third-order valence-corrected chi connectivity index (χ3v) is 3.36. The number of nitrogens with one attached hydrogen (secondary N) is 2. The highest BCUT2D eigenvalue weighted by molar-refractivity contribution is 8.00. The van der Waals surface area contributed by atoms with Gasteiger partial charge in [0.1, 0.15) is 0 Å². The number of nitrogens with zero attached hydrogens (tertiary/aromatic N) is 3. The van der Waals surface area contributed by atoms with Crippen molar-refractivity contribution in [2.45, 2.75) is 17.4 Å². The second-order valence-electron chi connectivity index (χ2n) is 3.94. The Morgan fingerprint density at radius 1 is 1.38 bits per heavy atom. The summed E-state index contributed by atoms with van der Waals surface area (Å²) in [4.78, 5) is 26.7. The SMILES string of the molecule is CNC(=O)NC(=O)[C@H](C)Sc1nnc(-c2cccnc2)o1. The first kappa shape index (κ1) is 15.0. The average Bonchev–Trinajstić information content (AvgIpc) is 2.96. The van der Waals surface area contributed by atoms with E-state index in [9.17, 15) is 9.59 Å². The van der Waals surface area contributed by atoms with Crippen molar-refractivity contribution in [3.05, 3.63) is 24.5 Å². The maximum absolute atomic E-state index is 11.7. The topological polar surface area (TPSA) is 110 Å². The van der Waals surface area contributed by atoms with Crippen molar-refractivity contribution in [3.63, 3.8) is 0 Å². The van der Waals surface area contributed by atoms with Crippen molar-refractivity contribution >= 4 is 23.7 Å². The molecule has 110 valence electrons. The van der Waals surface area contributed by atoms with E-state index in [4.69, 9.17) is 4.42 Å². The van der Waals surface area contributed by atoms with E-state index in [0.29, 0.717) is 11.5 Å². The summed E-state index contributed by atoms with van der Waals surface area (Å²) >= 11 is 1.07. The zero-order valence-corrected chi connectivity index (χ0v) is 12.2. The Morgan fingerprint density at radius 2 is 2.19 bits per heavy atom. The van der Waals surface area contributed by atoms with Crippen LogP contribution in [0.15, 0.2) is 34.2 Å². The third-order valence-electron chi connectivity index (χ3n) is 2.43. The molecule has 8 nitrogen and oxygen atoms in total. The third kappa shape index (κ3) is 4.02. The summed E-state index contributed by atoms with van der Waals surface area (Å²) in [5.41, 5.74) is 0.694. The van der Waals surface area contributed by atoms with Crippen LogP contribution >= 0.6 is 11.8 Å². The molecule has 0 fully saturated rings. The Bertz CT molecular complexity index is 631. The molecule has 0 aromatic carbocycles. The molecular formula is C12H13N5O3S. The van der Waals surface area contributed by atoms with E-state index in [1.165, 1.54) is 7.05 Å². The summed E-state index contributed by atoms with van der Waals surface area (Å²) in [6.45, 7) is 1.64. The second kappa shape index (κ2) is 6.84. The number of imide groups is 1. The predicted molar refractivity (Wildman–Crippen MR) is 75.4 cm³/mol. The first-order valence-corrected chi connectivity index (χ1v) is 6.91. The van der Waals surface area contributed by atoms with Crippen LogP contribution < -0.4 is 10.6 Å². The van der Waals surface area contributed by atoms with Gasteiger partial charge in [0.15, 0.2) is 0 Å². The van der Waals surface area contributed by atoms with Crippen molar-refractivity contribution in [2.24, 2.45) is 0 Å². The summed E-state index contributed by atoms with van der Waals surface area (Å²) in [5, 5.41) is 11.9. The minimum Gasteiger partial charge on any atom is -0.411 e. The number of urea groups is 1. The molecule has 0 spiro atoms. The lowest BCUT2D eigenvalue weighted by atomic mass is 10.3. The fourth-order valence-corrected chi connectivity index (χ4v) is 2.03. The van der Waals surface area contributed by atoms with Crippen LogP contribution in [0.4, 0.5) is 4.79 Å². The molecule has 2 aromatic heterocycles. The predicted octanol–water partition coefficient (Wildman–Crippen LogP) is 1.07. The van der Waals surface area contributed by atoms with E-state index in [2.05, 4.69) is 25.8 Å². The minimum atomic E-state index is -0.561. The monoisotopic (exact) mass is 307 g/mol. The number of hydrogen-bond acceptors (Lipinski definition) is 7. The van der Waals surface area contributed by atoms with Crippen molar-refractivity contribution < 1.29 is 14.0 Å². The summed E-state index contributed by atoms with van der Waals surface area (Å²) in [7, 11) is 1.43. The lowest BCUT2D eigenvalue weighted by Crippen LogP contribution is -2.41. The Morgan fingerprint density at radius 3 is 2.86 bits per heavy atom. The Kier molecular flexibility index (Phi) is 4.88. The summed E-state index contributed by atoms with van der Waals surface area (Å²) in [6, 6.07) is 2.98. The molecule has 3 amide bonds. The van der Waals surface area contributed by atoms with Gasteiger partial charge < -0.3 is 9.73 Å². The van der Waals surface area contributed by atoms with Gasteiger partial charge in [0.05, 0.1) is 10.8 Å². The van der Waals surface area contributed by atoms with Gasteiger partial charge in [0.25, 0.3) is 5.22 Å². The van der Waals surface area contributed by atoms with Gasteiger partial charge in [-0.05, 0) is 19.1 Å². The van der Waals surface area contributed by atoms with Crippen molar-refractivity contribution in [3.8, 4) is 11.5 Å². The van der Waals surface area contributed by atoms with Gasteiger partial charge in [-0.1, -0.05) is 11.8 Å². The highest BCUT2D eigenvalue weighted by Crippen LogP contribution is 2.25. The fraction of sp³-hybridized carbons (Fsp3) is 0.250. The van der Waals surface area contributed by atoms with Gasteiger partial charge in [0.2, 0.25) is 11.8 Å². The molecule has 1 atom stereocenters. The number of carbonyl (C=O) groups excluding carboxylic acids is 2. The number of thioether (sulfide) groups is 1. The van der Waals surface area contributed by atoms with Crippen LogP contribution in [0, 0.1) is 0 Å².